The minimum absolute atomic E-state index is 0.557. The predicted molar refractivity (Wildman–Crippen MR) is 53.3 cm³/mol. The Morgan fingerprint density at radius 3 is 1.92 bits per heavy atom. The van der Waals surface area contributed by atoms with Gasteiger partial charge >= 0.3 is 0 Å². The molecule has 0 atom stereocenters. The zero-order valence-corrected chi connectivity index (χ0v) is 8.61. The molecule has 2 fully saturated rings. The third kappa shape index (κ3) is 2.20. The van der Waals surface area contributed by atoms with Crippen LogP contribution in [0.4, 0.5) is 0 Å². The fourth-order valence-electron chi connectivity index (χ4n) is 2.28. The van der Waals surface area contributed by atoms with Gasteiger partial charge in [0.1, 0.15) is 0 Å². The Morgan fingerprint density at radius 2 is 1.58 bits per heavy atom. The zero-order chi connectivity index (χ0) is 9.03. The topological polar surface area (TPSA) is 24.1 Å². The van der Waals surface area contributed by atoms with E-state index < -0.39 is 0 Å². The molecule has 0 unspecified atom stereocenters. The highest BCUT2D eigenvalue weighted by atomic mass is 15.0. The largest absolute Gasteiger partial charge is 0.316 e. The van der Waals surface area contributed by atoms with E-state index in [0.29, 0.717) is 5.41 Å². The number of hydrogen-bond donors (Lipinski definition) is 2. The summed E-state index contributed by atoms with van der Waals surface area (Å²) in [5.74, 6) is 0.896. The maximum absolute atomic E-state index is 3.49. The fraction of sp³-hybridized carbons (Fsp3) is 1.00. The summed E-state index contributed by atoms with van der Waals surface area (Å²) >= 11 is 0. The summed E-state index contributed by atoms with van der Waals surface area (Å²) in [4.78, 5) is 0. The molecule has 72 valence electrons. The van der Waals surface area contributed by atoms with Gasteiger partial charge in [-0.1, -0.05) is 20.8 Å². The maximum atomic E-state index is 3.49. The Bertz CT molecular complexity index is 124. The third-order valence-electron chi connectivity index (χ3n) is 2.75. The number of piperidine rings is 2. The van der Waals surface area contributed by atoms with Crippen LogP contribution < -0.4 is 10.6 Å². The summed E-state index contributed by atoms with van der Waals surface area (Å²) in [5, 5.41) is 6.97. The van der Waals surface area contributed by atoms with Gasteiger partial charge in [-0.2, -0.15) is 0 Å². The van der Waals surface area contributed by atoms with Gasteiger partial charge in [0.25, 0.3) is 0 Å². The second-order valence-electron chi connectivity index (χ2n) is 4.14. The summed E-state index contributed by atoms with van der Waals surface area (Å²) < 4.78 is 0. The lowest BCUT2D eigenvalue weighted by atomic mass is 9.75. The molecule has 0 aromatic rings. The van der Waals surface area contributed by atoms with E-state index in [4.69, 9.17) is 0 Å². The molecule has 0 aliphatic carbocycles. The molecular formula is C10H22N2. The van der Waals surface area contributed by atoms with Crippen molar-refractivity contribution in [2.75, 3.05) is 26.2 Å². The van der Waals surface area contributed by atoms with Crippen molar-refractivity contribution in [3.8, 4) is 0 Å². The smallest absolute Gasteiger partial charge is 0.00176 e. The molecule has 0 aromatic carbocycles. The van der Waals surface area contributed by atoms with Crippen molar-refractivity contribution in [3.63, 3.8) is 0 Å². The van der Waals surface area contributed by atoms with Crippen molar-refractivity contribution >= 4 is 0 Å². The van der Waals surface area contributed by atoms with E-state index in [1.54, 1.807) is 0 Å². The van der Waals surface area contributed by atoms with Crippen LogP contribution in [0.5, 0.6) is 0 Å². The molecule has 2 saturated heterocycles. The predicted octanol–water partition coefficient (Wildman–Crippen LogP) is 1.23. The van der Waals surface area contributed by atoms with Gasteiger partial charge in [0.2, 0.25) is 0 Å². The van der Waals surface area contributed by atoms with Gasteiger partial charge in [-0.05, 0) is 30.8 Å². The Kier molecular flexibility index (Phi) is 3.53. The molecule has 2 N–H and O–H groups in total. The Labute approximate surface area is 76.1 Å². The van der Waals surface area contributed by atoms with Crippen molar-refractivity contribution < 1.29 is 0 Å². The fourth-order valence-corrected chi connectivity index (χ4v) is 2.28. The highest BCUT2D eigenvalue weighted by molar-refractivity contribution is 4.91. The number of rotatable bonds is 0. The molecule has 2 heterocycles. The normalized spacial score (nSPS) is 39.8. The molecule has 2 bridgehead atoms. The van der Waals surface area contributed by atoms with Gasteiger partial charge in [0.15, 0.2) is 0 Å². The van der Waals surface area contributed by atoms with Crippen molar-refractivity contribution in [2.45, 2.75) is 27.2 Å². The molecule has 2 heteroatoms. The summed E-state index contributed by atoms with van der Waals surface area (Å²) in [7, 11) is 0. The van der Waals surface area contributed by atoms with E-state index >= 15 is 0 Å². The van der Waals surface area contributed by atoms with E-state index in [1.807, 2.05) is 13.8 Å². The minimum atomic E-state index is 0.557. The first kappa shape index (κ1) is 10.0. The first-order chi connectivity index (χ1) is 5.79. The second kappa shape index (κ2) is 4.24. The standard InChI is InChI=1S/C8H16N2.C2H6/c1-8-2-7(3-9-5-8)4-10-6-8;1-2/h7,9-10H,2-6H2,1H3;1-2H3. The van der Waals surface area contributed by atoms with Crippen molar-refractivity contribution in [1.29, 1.82) is 0 Å². The Morgan fingerprint density at radius 1 is 1.08 bits per heavy atom. The summed E-state index contributed by atoms with van der Waals surface area (Å²) in [6.45, 7) is 11.2. The molecule has 0 radical (unpaired) electrons. The van der Waals surface area contributed by atoms with Gasteiger partial charge < -0.3 is 10.6 Å². The quantitative estimate of drug-likeness (QED) is 0.571. The molecular weight excluding hydrogens is 148 g/mol. The summed E-state index contributed by atoms with van der Waals surface area (Å²) in [6.07, 6.45) is 1.42. The van der Waals surface area contributed by atoms with Crippen LogP contribution >= 0.6 is 0 Å². The van der Waals surface area contributed by atoms with Gasteiger partial charge in [-0.25, -0.2) is 0 Å². The maximum Gasteiger partial charge on any atom is 0.00176 e. The lowest BCUT2D eigenvalue weighted by molar-refractivity contribution is 0.131. The molecule has 0 spiro atoms. The van der Waals surface area contributed by atoms with Crippen LogP contribution in [0.25, 0.3) is 0 Å². The van der Waals surface area contributed by atoms with Crippen LogP contribution in [0.2, 0.25) is 0 Å². The average molecular weight is 170 g/mol. The monoisotopic (exact) mass is 170 g/mol. The summed E-state index contributed by atoms with van der Waals surface area (Å²) in [6, 6.07) is 0. The van der Waals surface area contributed by atoms with Crippen molar-refractivity contribution in [3.05, 3.63) is 0 Å². The molecule has 2 aliphatic heterocycles. The highest BCUT2D eigenvalue weighted by Gasteiger charge is 2.34. The lowest BCUT2D eigenvalue weighted by Crippen LogP contribution is -2.55. The number of nitrogens with one attached hydrogen (secondary N) is 2. The zero-order valence-electron chi connectivity index (χ0n) is 8.61. The van der Waals surface area contributed by atoms with Gasteiger partial charge in [0, 0.05) is 13.1 Å². The van der Waals surface area contributed by atoms with E-state index in [-0.39, 0.29) is 0 Å². The Hall–Kier alpha value is -0.0800. The van der Waals surface area contributed by atoms with Crippen LogP contribution in [-0.4, -0.2) is 26.2 Å². The number of hydrogen-bond acceptors (Lipinski definition) is 2. The second-order valence-corrected chi connectivity index (χ2v) is 4.14. The molecule has 0 aromatic heterocycles. The van der Waals surface area contributed by atoms with Gasteiger partial charge in [-0.3, -0.25) is 0 Å². The van der Waals surface area contributed by atoms with Crippen LogP contribution in [0.3, 0.4) is 0 Å². The van der Waals surface area contributed by atoms with E-state index in [9.17, 15) is 0 Å². The molecule has 2 aliphatic rings. The minimum Gasteiger partial charge on any atom is -0.316 e. The SMILES string of the molecule is CC.CC12CNCC(CNC1)C2. The van der Waals surface area contributed by atoms with Crippen molar-refractivity contribution in [2.24, 2.45) is 11.3 Å². The van der Waals surface area contributed by atoms with Crippen LogP contribution in [0.1, 0.15) is 27.2 Å². The first-order valence-corrected chi connectivity index (χ1v) is 5.20. The van der Waals surface area contributed by atoms with Gasteiger partial charge in [-0.15, -0.1) is 0 Å². The first-order valence-electron chi connectivity index (χ1n) is 5.20. The molecule has 0 amide bonds. The van der Waals surface area contributed by atoms with Gasteiger partial charge in [0.05, 0.1) is 0 Å². The van der Waals surface area contributed by atoms with E-state index in [0.717, 1.165) is 5.92 Å². The third-order valence-corrected chi connectivity index (χ3v) is 2.75. The Balaban J connectivity index is 0.000000336. The van der Waals surface area contributed by atoms with Crippen LogP contribution in [0, 0.1) is 11.3 Å². The van der Waals surface area contributed by atoms with Crippen LogP contribution in [-0.2, 0) is 0 Å². The summed E-state index contributed by atoms with van der Waals surface area (Å²) in [5.41, 5.74) is 0.557. The number of fused-ring (bicyclic) bond motifs is 2. The molecule has 2 rings (SSSR count). The van der Waals surface area contributed by atoms with E-state index in [1.165, 1.54) is 32.6 Å². The lowest BCUT2D eigenvalue weighted by Gasteiger charge is -2.43. The van der Waals surface area contributed by atoms with Crippen LogP contribution in [0.15, 0.2) is 0 Å². The molecule has 0 saturated carbocycles. The average Bonchev–Trinajstić information content (AvgIpc) is 2.07. The highest BCUT2D eigenvalue weighted by Crippen LogP contribution is 2.30. The molecule has 2 nitrogen and oxygen atoms in total. The van der Waals surface area contributed by atoms with Crippen molar-refractivity contribution in [1.82, 2.24) is 10.6 Å². The molecule has 12 heavy (non-hydrogen) atoms. The van der Waals surface area contributed by atoms with E-state index in [2.05, 4.69) is 17.6 Å².